The van der Waals surface area contributed by atoms with Gasteiger partial charge < -0.3 is 15.2 Å². The lowest BCUT2D eigenvalue weighted by Gasteiger charge is -2.28. The van der Waals surface area contributed by atoms with Gasteiger partial charge in [0, 0.05) is 18.9 Å². The van der Waals surface area contributed by atoms with Gasteiger partial charge in [-0.25, -0.2) is 0 Å². The fourth-order valence-corrected chi connectivity index (χ4v) is 2.80. The van der Waals surface area contributed by atoms with Crippen molar-refractivity contribution in [1.82, 2.24) is 5.32 Å². The van der Waals surface area contributed by atoms with E-state index in [0.29, 0.717) is 30.2 Å². The number of aliphatic hydroxyl groups excluding tert-OH is 1. The zero-order valence-electron chi connectivity index (χ0n) is 11.8. The van der Waals surface area contributed by atoms with Gasteiger partial charge in [-0.3, -0.25) is 4.79 Å². The third kappa shape index (κ3) is 3.25. The average Bonchev–Trinajstić information content (AvgIpc) is 2.39. The number of halogens is 1. The lowest BCUT2D eigenvalue weighted by atomic mass is 9.95. The lowest BCUT2D eigenvalue weighted by molar-refractivity contribution is -0.119. The monoisotopic (exact) mass is 297 g/mol. The highest BCUT2D eigenvalue weighted by Gasteiger charge is 2.26. The number of ether oxygens (including phenoxy) is 1. The molecule has 1 aromatic rings. The first-order chi connectivity index (χ1) is 9.52. The molecule has 1 aromatic carbocycles. The van der Waals surface area contributed by atoms with Crippen molar-refractivity contribution in [3.05, 3.63) is 28.3 Å². The van der Waals surface area contributed by atoms with Crippen LogP contribution in [0.1, 0.15) is 56.4 Å². The topological polar surface area (TPSA) is 58.6 Å². The molecule has 0 bridgehead atoms. The van der Waals surface area contributed by atoms with Crippen LogP contribution in [0.4, 0.5) is 0 Å². The molecule has 2 rings (SSSR count). The Morgan fingerprint density at radius 1 is 1.60 bits per heavy atom. The summed E-state index contributed by atoms with van der Waals surface area (Å²) in [5.41, 5.74) is 1.63. The summed E-state index contributed by atoms with van der Waals surface area (Å²) in [6.45, 7) is 4.04. The molecule has 110 valence electrons. The number of carbonyl (C=O) groups excluding carboxylic acids is 1. The molecule has 1 amide bonds. The Labute approximate surface area is 124 Å². The second-order valence-corrected chi connectivity index (χ2v) is 5.52. The largest absolute Gasteiger partial charge is 0.492 e. The van der Waals surface area contributed by atoms with E-state index in [9.17, 15) is 9.90 Å². The average molecular weight is 298 g/mol. The predicted molar refractivity (Wildman–Crippen MR) is 78.0 cm³/mol. The van der Waals surface area contributed by atoms with E-state index in [4.69, 9.17) is 16.3 Å². The van der Waals surface area contributed by atoms with Crippen molar-refractivity contribution >= 4 is 17.5 Å². The molecular formula is C15H20ClNO3. The van der Waals surface area contributed by atoms with Crippen LogP contribution in [0.2, 0.25) is 5.02 Å². The number of hydrogen-bond donors (Lipinski definition) is 2. The van der Waals surface area contributed by atoms with E-state index in [1.165, 1.54) is 6.92 Å². The smallest absolute Gasteiger partial charge is 0.217 e. The van der Waals surface area contributed by atoms with Crippen LogP contribution in [-0.2, 0) is 4.79 Å². The zero-order valence-corrected chi connectivity index (χ0v) is 12.5. The highest BCUT2D eigenvalue weighted by Crippen LogP contribution is 2.40. The molecule has 0 fully saturated rings. The van der Waals surface area contributed by atoms with Crippen LogP contribution in [0.3, 0.4) is 0 Å². The van der Waals surface area contributed by atoms with Crippen LogP contribution in [0.5, 0.6) is 5.75 Å². The van der Waals surface area contributed by atoms with Crippen LogP contribution in [0, 0.1) is 0 Å². The maximum Gasteiger partial charge on any atom is 0.217 e. The van der Waals surface area contributed by atoms with E-state index in [1.807, 2.05) is 13.0 Å². The molecule has 2 N–H and O–H groups in total. The maximum atomic E-state index is 11.3. The van der Waals surface area contributed by atoms with Crippen molar-refractivity contribution in [3.63, 3.8) is 0 Å². The first-order valence-corrected chi connectivity index (χ1v) is 7.32. The van der Waals surface area contributed by atoms with Gasteiger partial charge in [0.1, 0.15) is 5.75 Å². The van der Waals surface area contributed by atoms with Gasteiger partial charge >= 0.3 is 0 Å². The number of carbonyl (C=O) groups is 1. The van der Waals surface area contributed by atoms with Gasteiger partial charge in [-0.2, -0.15) is 0 Å². The van der Waals surface area contributed by atoms with Crippen molar-refractivity contribution in [2.75, 3.05) is 6.61 Å². The zero-order chi connectivity index (χ0) is 14.7. The van der Waals surface area contributed by atoms with Crippen molar-refractivity contribution in [3.8, 4) is 5.75 Å². The fraction of sp³-hybridized carbons (Fsp3) is 0.533. The summed E-state index contributed by atoms with van der Waals surface area (Å²) in [6, 6.07) is 3.53. The normalized spacial score (nSPS) is 18.9. The molecule has 0 aromatic heterocycles. The summed E-state index contributed by atoms with van der Waals surface area (Å²) in [6.07, 6.45) is 1.74. The number of benzene rings is 1. The van der Waals surface area contributed by atoms with Crippen LogP contribution in [-0.4, -0.2) is 17.6 Å². The molecule has 2 atom stereocenters. The Morgan fingerprint density at radius 2 is 2.35 bits per heavy atom. The molecule has 0 radical (unpaired) electrons. The molecule has 0 saturated carbocycles. The fourth-order valence-electron chi connectivity index (χ4n) is 2.51. The molecule has 0 saturated heterocycles. The Kier molecular flexibility index (Phi) is 4.89. The third-order valence-electron chi connectivity index (χ3n) is 3.45. The van der Waals surface area contributed by atoms with Gasteiger partial charge in [0.25, 0.3) is 0 Å². The number of fused-ring (bicyclic) bond motifs is 1. The molecular weight excluding hydrogens is 278 g/mol. The highest BCUT2D eigenvalue weighted by atomic mass is 35.5. The molecule has 4 nitrogen and oxygen atoms in total. The molecule has 1 aliphatic rings. The molecule has 20 heavy (non-hydrogen) atoms. The highest BCUT2D eigenvalue weighted by molar-refractivity contribution is 6.32. The van der Waals surface area contributed by atoms with E-state index in [-0.39, 0.29) is 11.9 Å². The van der Waals surface area contributed by atoms with Crippen molar-refractivity contribution < 1.29 is 14.6 Å². The number of hydrogen-bond acceptors (Lipinski definition) is 3. The minimum Gasteiger partial charge on any atom is -0.492 e. The van der Waals surface area contributed by atoms with Gasteiger partial charge in [-0.1, -0.05) is 24.9 Å². The maximum absolute atomic E-state index is 11.3. The van der Waals surface area contributed by atoms with Gasteiger partial charge in [0.15, 0.2) is 0 Å². The summed E-state index contributed by atoms with van der Waals surface area (Å²) in [4.78, 5) is 11.3. The number of aliphatic hydroxyl groups is 1. The Morgan fingerprint density at radius 3 is 3.00 bits per heavy atom. The quantitative estimate of drug-likeness (QED) is 0.897. The van der Waals surface area contributed by atoms with Crippen LogP contribution >= 0.6 is 11.6 Å². The Bertz CT molecular complexity index is 504. The number of nitrogens with one attached hydrogen (secondary N) is 1. The predicted octanol–water partition coefficient (Wildman–Crippen LogP) is 3.13. The molecule has 0 spiro atoms. The van der Waals surface area contributed by atoms with E-state index < -0.39 is 6.10 Å². The minimum absolute atomic E-state index is 0.0847. The summed E-state index contributed by atoms with van der Waals surface area (Å²) in [7, 11) is 0. The van der Waals surface area contributed by atoms with Crippen molar-refractivity contribution in [2.45, 2.75) is 45.3 Å². The van der Waals surface area contributed by atoms with E-state index in [0.717, 1.165) is 17.5 Å². The van der Waals surface area contributed by atoms with Crippen LogP contribution in [0.25, 0.3) is 0 Å². The standard InChI is InChI=1S/C15H20ClNO3/c1-3-4-14(19)10-7-11-13(17-9(2)18)5-6-20-15(11)12(16)8-10/h7-8,13-14,19H,3-6H2,1-2H3,(H,17,18). The minimum atomic E-state index is -0.539. The Hall–Kier alpha value is -1.26. The summed E-state index contributed by atoms with van der Waals surface area (Å²) < 4.78 is 5.60. The molecule has 5 heteroatoms. The second-order valence-electron chi connectivity index (χ2n) is 5.12. The van der Waals surface area contributed by atoms with Crippen molar-refractivity contribution in [2.24, 2.45) is 0 Å². The summed E-state index contributed by atoms with van der Waals surface area (Å²) in [5.74, 6) is 0.530. The van der Waals surface area contributed by atoms with Gasteiger partial charge in [0.05, 0.1) is 23.8 Å². The number of amides is 1. The van der Waals surface area contributed by atoms with Gasteiger partial charge in [-0.15, -0.1) is 0 Å². The van der Waals surface area contributed by atoms with Gasteiger partial charge in [-0.05, 0) is 24.1 Å². The SMILES string of the molecule is CCCC(O)c1cc(Cl)c2c(c1)C(NC(C)=O)CCO2. The lowest BCUT2D eigenvalue weighted by Crippen LogP contribution is -2.30. The molecule has 1 aliphatic heterocycles. The summed E-state index contributed by atoms with van der Waals surface area (Å²) in [5, 5.41) is 13.5. The third-order valence-corrected chi connectivity index (χ3v) is 3.73. The van der Waals surface area contributed by atoms with E-state index in [2.05, 4.69) is 5.32 Å². The first-order valence-electron chi connectivity index (χ1n) is 6.94. The molecule has 1 heterocycles. The van der Waals surface area contributed by atoms with E-state index >= 15 is 0 Å². The Balaban J connectivity index is 2.37. The van der Waals surface area contributed by atoms with E-state index in [1.54, 1.807) is 6.07 Å². The number of rotatable bonds is 4. The summed E-state index contributed by atoms with van der Waals surface area (Å²) >= 11 is 6.24. The molecule has 0 aliphatic carbocycles. The van der Waals surface area contributed by atoms with Crippen LogP contribution < -0.4 is 10.1 Å². The second kappa shape index (κ2) is 6.46. The van der Waals surface area contributed by atoms with Gasteiger partial charge in [0.2, 0.25) is 5.91 Å². The first kappa shape index (κ1) is 15.1. The molecule has 2 unspecified atom stereocenters. The van der Waals surface area contributed by atoms with Crippen molar-refractivity contribution in [1.29, 1.82) is 0 Å². The van der Waals surface area contributed by atoms with Crippen LogP contribution in [0.15, 0.2) is 12.1 Å².